The van der Waals surface area contributed by atoms with E-state index in [4.69, 9.17) is 5.73 Å². The minimum Gasteiger partial charge on any atom is -0.365 e. The van der Waals surface area contributed by atoms with Crippen molar-refractivity contribution in [2.24, 2.45) is 5.73 Å². The summed E-state index contributed by atoms with van der Waals surface area (Å²) in [4.78, 5) is 25.3. The van der Waals surface area contributed by atoms with Gasteiger partial charge in [-0.25, -0.2) is 4.39 Å². The average molecular weight is 332 g/mol. The van der Waals surface area contributed by atoms with E-state index in [2.05, 4.69) is 5.32 Å². The van der Waals surface area contributed by atoms with Gasteiger partial charge < -0.3 is 11.1 Å². The number of nitrogens with two attached hydrogens (primary N) is 1. The Morgan fingerprint density at radius 1 is 1.09 bits per heavy atom. The zero-order chi connectivity index (χ0) is 16.4. The summed E-state index contributed by atoms with van der Waals surface area (Å²) in [6.07, 6.45) is 4.96. The topological polar surface area (TPSA) is 72.2 Å². The second-order valence-corrected chi connectivity index (χ2v) is 6.70. The Kier molecular flexibility index (Phi) is 4.43. The van der Waals surface area contributed by atoms with Crippen molar-refractivity contribution >= 4 is 28.2 Å². The monoisotopic (exact) mass is 332 g/mol. The highest BCUT2D eigenvalue weighted by molar-refractivity contribution is 7.17. The first-order valence-electron chi connectivity index (χ1n) is 7.57. The van der Waals surface area contributed by atoms with E-state index in [1.807, 2.05) is 0 Å². The molecule has 0 atom stereocenters. The van der Waals surface area contributed by atoms with E-state index in [1.165, 1.54) is 35.6 Å². The minimum atomic E-state index is -0.515. The van der Waals surface area contributed by atoms with Crippen molar-refractivity contribution in [1.82, 2.24) is 0 Å². The van der Waals surface area contributed by atoms with Crippen molar-refractivity contribution in [3.05, 3.63) is 51.7 Å². The summed E-state index contributed by atoms with van der Waals surface area (Å²) >= 11 is 1.42. The second-order valence-electron chi connectivity index (χ2n) is 5.59. The molecule has 1 aromatic heterocycles. The molecule has 0 radical (unpaired) electrons. The molecule has 4 nitrogen and oxygen atoms in total. The lowest BCUT2D eigenvalue weighted by molar-refractivity contribution is 0.100. The number of thiophene rings is 1. The molecule has 2 amide bonds. The van der Waals surface area contributed by atoms with Gasteiger partial charge >= 0.3 is 0 Å². The van der Waals surface area contributed by atoms with Crippen LogP contribution in [-0.4, -0.2) is 11.8 Å². The molecule has 3 N–H and O–H groups in total. The van der Waals surface area contributed by atoms with Crippen LogP contribution >= 0.6 is 11.3 Å². The molecule has 1 aliphatic rings. The number of hydrogen-bond acceptors (Lipinski definition) is 3. The number of benzene rings is 1. The Morgan fingerprint density at radius 2 is 1.78 bits per heavy atom. The summed E-state index contributed by atoms with van der Waals surface area (Å²) in [5.74, 6) is -1.29. The molecule has 0 saturated carbocycles. The Morgan fingerprint density at radius 3 is 2.48 bits per heavy atom. The number of nitrogens with one attached hydrogen (secondary N) is 1. The van der Waals surface area contributed by atoms with Crippen molar-refractivity contribution in [3.8, 4) is 0 Å². The summed E-state index contributed by atoms with van der Waals surface area (Å²) in [6, 6.07) is 5.28. The molecule has 1 heterocycles. The third-order valence-corrected chi connectivity index (χ3v) is 5.21. The van der Waals surface area contributed by atoms with Crippen molar-refractivity contribution < 1.29 is 14.0 Å². The second kappa shape index (κ2) is 6.50. The number of primary amides is 1. The maximum absolute atomic E-state index is 12.9. The predicted octanol–water partition coefficient (Wildman–Crippen LogP) is 3.51. The first kappa shape index (κ1) is 15.7. The number of halogens is 1. The van der Waals surface area contributed by atoms with Crippen molar-refractivity contribution in [1.29, 1.82) is 0 Å². The summed E-state index contributed by atoms with van der Waals surface area (Å²) in [5.41, 5.74) is 7.29. The van der Waals surface area contributed by atoms with Gasteiger partial charge in [-0.2, -0.15) is 0 Å². The van der Waals surface area contributed by atoms with Crippen molar-refractivity contribution in [3.63, 3.8) is 0 Å². The van der Waals surface area contributed by atoms with E-state index in [9.17, 15) is 14.0 Å². The number of aryl methyl sites for hydroxylation is 1. The number of hydrogen-bond donors (Lipinski definition) is 2. The number of rotatable bonds is 3. The third kappa shape index (κ3) is 3.27. The van der Waals surface area contributed by atoms with Crippen LogP contribution < -0.4 is 11.1 Å². The molecule has 0 aliphatic heterocycles. The number of fused-ring (bicyclic) bond motifs is 1. The lowest BCUT2D eigenvalue weighted by Gasteiger charge is -2.06. The molecule has 0 fully saturated rings. The van der Waals surface area contributed by atoms with Gasteiger partial charge in [-0.1, -0.05) is 6.42 Å². The minimum absolute atomic E-state index is 0.338. The van der Waals surface area contributed by atoms with Gasteiger partial charge in [0, 0.05) is 10.4 Å². The quantitative estimate of drug-likeness (QED) is 0.844. The molecule has 1 aromatic carbocycles. The lowest BCUT2D eigenvalue weighted by Crippen LogP contribution is -2.18. The van der Waals surface area contributed by atoms with E-state index in [-0.39, 0.29) is 5.91 Å². The molecular weight excluding hydrogens is 315 g/mol. The summed E-state index contributed by atoms with van der Waals surface area (Å²) in [6.45, 7) is 0. The standard InChI is InChI=1S/C17H17FN2O2S/c18-11-8-6-10(7-9-11)16(22)20-17-14(15(19)21)12-4-2-1-3-5-13(12)23-17/h6-9H,1-5H2,(H2,19,21)(H,20,22). The van der Waals surface area contributed by atoms with Gasteiger partial charge in [0.25, 0.3) is 11.8 Å². The van der Waals surface area contributed by atoms with Gasteiger partial charge in [-0.05, 0) is 55.5 Å². The molecule has 0 spiro atoms. The number of amides is 2. The van der Waals surface area contributed by atoms with Gasteiger partial charge in [-0.3, -0.25) is 9.59 Å². The highest BCUT2D eigenvalue weighted by atomic mass is 32.1. The van der Waals surface area contributed by atoms with Crippen LogP contribution in [0.25, 0.3) is 0 Å². The van der Waals surface area contributed by atoms with Crippen LogP contribution in [-0.2, 0) is 12.8 Å². The zero-order valence-electron chi connectivity index (χ0n) is 12.5. The molecule has 23 heavy (non-hydrogen) atoms. The SMILES string of the molecule is NC(=O)c1c(NC(=O)c2ccc(F)cc2)sc2c1CCCCC2. The summed E-state index contributed by atoms with van der Waals surface area (Å²) in [7, 11) is 0. The number of anilines is 1. The Bertz CT molecular complexity index is 753. The zero-order valence-corrected chi connectivity index (χ0v) is 13.3. The van der Waals surface area contributed by atoms with E-state index in [0.29, 0.717) is 16.1 Å². The fourth-order valence-corrected chi connectivity index (χ4v) is 4.16. The highest BCUT2D eigenvalue weighted by Crippen LogP contribution is 2.37. The fourth-order valence-electron chi connectivity index (χ4n) is 2.87. The smallest absolute Gasteiger partial charge is 0.256 e. The molecule has 2 aromatic rings. The maximum atomic E-state index is 12.9. The largest absolute Gasteiger partial charge is 0.365 e. The van der Waals surface area contributed by atoms with E-state index in [1.54, 1.807) is 0 Å². The van der Waals surface area contributed by atoms with Crippen LogP contribution in [0.3, 0.4) is 0 Å². The van der Waals surface area contributed by atoms with Crippen LogP contribution in [0.5, 0.6) is 0 Å². The van der Waals surface area contributed by atoms with Crippen LogP contribution in [0.15, 0.2) is 24.3 Å². The lowest BCUT2D eigenvalue weighted by atomic mass is 10.1. The molecule has 120 valence electrons. The number of carbonyl (C=O) groups excluding carboxylic acids is 2. The Hall–Kier alpha value is -2.21. The summed E-state index contributed by atoms with van der Waals surface area (Å²) in [5, 5.41) is 3.26. The molecule has 1 aliphatic carbocycles. The molecule has 0 bridgehead atoms. The molecular formula is C17H17FN2O2S. The fraction of sp³-hybridized carbons (Fsp3) is 0.294. The van der Waals surface area contributed by atoms with Crippen LogP contribution in [0.1, 0.15) is 50.4 Å². The Balaban J connectivity index is 1.92. The van der Waals surface area contributed by atoms with Crippen molar-refractivity contribution in [2.75, 3.05) is 5.32 Å². The third-order valence-electron chi connectivity index (χ3n) is 4.00. The van der Waals surface area contributed by atoms with Gasteiger partial charge in [0.15, 0.2) is 0 Å². The van der Waals surface area contributed by atoms with E-state index < -0.39 is 11.7 Å². The first-order valence-corrected chi connectivity index (χ1v) is 8.39. The predicted molar refractivity (Wildman–Crippen MR) is 88.4 cm³/mol. The van der Waals surface area contributed by atoms with Gasteiger partial charge in [0.1, 0.15) is 10.8 Å². The van der Waals surface area contributed by atoms with Crippen LogP contribution in [0.2, 0.25) is 0 Å². The van der Waals surface area contributed by atoms with Gasteiger partial charge in [-0.15, -0.1) is 11.3 Å². The molecule has 0 saturated heterocycles. The Labute approximate surface area is 137 Å². The maximum Gasteiger partial charge on any atom is 0.256 e. The number of carbonyl (C=O) groups is 2. The average Bonchev–Trinajstić information content (AvgIpc) is 2.69. The molecule has 0 unspecified atom stereocenters. The summed E-state index contributed by atoms with van der Waals surface area (Å²) < 4.78 is 12.9. The van der Waals surface area contributed by atoms with Crippen LogP contribution in [0, 0.1) is 5.82 Å². The highest BCUT2D eigenvalue weighted by Gasteiger charge is 2.24. The molecule has 6 heteroatoms. The van der Waals surface area contributed by atoms with Crippen molar-refractivity contribution in [2.45, 2.75) is 32.1 Å². The molecule has 3 rings (SSSR count). The normalized spacial score (nSPS) is 14.0. The van der Waals surface area contributed by atoms with Gasteiger partial charge in [0.05, 0.1) is 5.56 Å². The van der Waals surface area contributed by atoms with Crippen LogP contribution in [0.4, 0.5) is 9.39 Å². The van der Waals surface area contributed by atoms with E-state index >= 15 is 0 Å². The van der Waals surface area contributed by atoms with Gasteiger partial charge in [0.2, 0.25) is 0 Å². The first-order chi connectivity index (χ1) is 11.1. The van der Waals surface area contributed by atoms with E-state index in [0.717, 1.165) is 42.5 Å².